The van der Waals surface area contributed by atoms with Crippen molar-refractivity contribution in [3.05, 3.63) is 24.4 Å². The van der Waals surface area contributed by atoms with Gasteiger partial charge in [-0.15, -0.1) is 0 Å². The van der Waals surface area contributed by atoms with Gasteiger partial charge in [0.15, 0.2) is 0 Å². The summed E-state index contributed by atoms with van der Waals surface area (Å²) in [5.74, 6) is -1.27. The minimum Gasteiger partial charge on any atom is -0.481 e. The topological polar surface area (TPSA) is 83.0 Å². The summed E-state index contributed by atoms with van der Waals surface area (Å²) in [5.41, 5.74) is 0. The highest BCUT2D eigenvalue weighted by molar-refractivity contribution is 5.86. The van der Waals surface area contributed by atoms with Crippen LogP contribution in [0.5, 0.6) is 0 Å². The van der Waals surface area contributed by atoms with Gasteiger partial charge in [-0.1, -0.05) is 6.07 Å². The van der Waals surface area contributed by atoms with Crippen LogP contribution >= 0.6 is 0 Å². The Morgan fingerprint density at radius 3 is 2.42 bits per heavy atom. The SMILES string of the molecule is O=C(O)[C@H]1[C@H](C(=O)N2CCN(c3ccccn3)CC2)[C@H]2CC[C@H]1O2. The highest BCUT2D eigenvalue weighted by Gasteiger charge is 2.56. The van der Waals surface area contributed by atoms with Crippen LogP contribution in [0.2, 0.25) is 0 Å². The third kappa shape index (κ3) is 2.53. The minimum atomic E-state index is -0.910. The third-order valence-corrected chi connectivity index (χ3v) is 5.41. The third-order valence-electron chi connectivity index (χ3n) is 5.41. The van der Waals surface area contributed by atoms with Gasteiger partial charge < -0.3 is 19.6 Å². The van der Waals surface area contributed by atoms with Gasteiger partial charge in [0.2, 0.25) is 5.91 Å². The van der Waals surface area contributed by atoms with Gasteiger partial charge in [0.1, 0.15) is 5.82 Å². The number of rotatable bonds is 3. The summed E-state index contributed by atoms with van der Waals surface area (Å²) in [7, 11) is 0. The van der Waals surface area contributed by atoms with Crippen molar-refractivity contribution in [3.63, 3.8) is 0 Å². The first-order valence-corrected chi connectivity index (χ1v) is 8.48. The number of hydrogen-bond donors (Lipinski definition) is 1. The van der Waals surface area contributed by atoms with E-state index in [1.807, 2.05) is 18.2 Å². The van der Waals surface area contributed by atoms with Crippen molar-refractivity contribution >= 4 is 17.7 Å². The van der Waals surface area contributed by atoms with Gasteiger partial charge in [0.05, 0.1) is 24.0 Å². The van der Waals surface area contributed by atoms with E-state index in [2.05, 4.69) is 9.88 Å². The Bertz CT molecular complexity index is 630. The summed E-state index contributed by atoms with van der Waals surface area (Å²) < 4.78 is 5.71. The summed E-state index contributed by atoms with van der Waals surface area (Å²) in [4.78, 5) is 32.7. The van der Waals surface area contributed by atoms with Crippen molar-refractivity contribution in [2.24, 2.45) is 11.8 Å². The molecular weight excluding hydrogens is 310 g/mol. The lowest BCUT2D eigenvalue weighted by molar-refractivity contribution is -0.151. The number of pyridine rings is 1. The number of aliphatic carboxylic acids is 1. The highest BCUT2D eigenvalue weighted by atomic mass is 16.5. The van der Waals surface area contributed by atoms with Crippen molar-refractivity contribution in [2.75, 3.05) is 31.1 Å². The van der Waals surface area contributed by atoms with Crippen molar-refractivity contribution < 1.29 is 19.4 Å². The average Bonchev–Trinajstić information content (AvgIpc) is 3.23. The molecule has 0 spiro atoms. The molecule has 0 radical (unpaired) electrons. The first-order valence-electron chi connectivity index (χ1n) is 8.48. The average molecular weight is 331 g/mol. The number of carbonyl (C=O) groups excluding carboxylic acids is 1. The molecule has 3 fully saturated rings. The number of ether oxygens (including phenoxy) is 1. The fourth-order valence-corrected chi connectivity index (χ4v) is 4.21. The molecule has 1 amide bonds. The molecule has 1 aromatic rings. The van der Waals surface area contributed by atoms with Gasteiger partial charge in [-0.25, -0.2) is 4.98 Å². The molecule has 0 aromatic carbocycles. The standard InChI is InChI=1S/C17H21N3O4/c21-16(14-11-4-5-12(24-11)15(14)17(22)23)20-9-7-19(8-10-20)13-3-1-2-6-18-13/h1-3,6,11-12,14-15H,4-5,7-10H2,(H,22,23)/t11-,12-,14-,15-/m1/s1. The number of anilines is 1. The lowest BCUT2D eigenvalue weighted by atomic mass is 9.78. The number of hydrogen-bond acceptors (Lipinski definition) is 5. The first-order chi connectivity index (χ1) is 11.6. The summed E-state index contributed by atoms with van der Waals surface area (Å²) in [6, 6.07) is 5.79. The molecule has 3 aliphatic heterocycles. The molecule has 0 saturated carbocycles. The number of fused-ring (bicyclic) bond motifs is 2. The Hall–Kier alpha value is -2.15. The lowest BCUT2D eigenvalue weighted by Crippen LogP contribution is -2.53. The van der Waals surface area contributed by atoms with Crippen LogP contribution in [0.1, 0.15) is 12.8 Å². The predicted molar refractivity (Wildman–Crippen MR) is 85.5 cm³/mol. The van der Waals surface area contributed by atoms with Crippen LogP contribution in [-0.2, 0) is 14.3 Å². The Morgan fingerprint density at radius 1 is 1.08 bits per heavy atom. The predicted octanol–water partition coefficient (Wildman–Crippen LogP) is 0.608. The van der Waals surface area contributed by atoms with Crippen LogP contribution in [-0.4, -0.2) is 65.3 Å². The molecule has 7 nitrogen and oxygen atoms in total. The van der Waals surface area contributed by atoms with E-state index in [4.69, 9.17) is 4.74 Å². The second-order valence-electron chi connectivity index (χ2n) is 6.68. The minimum absolute atomic E-state index is 0.0599. The maximum atomic E-state index is 12.9. The van der Waals surface area contributed by atoms with Crippen LogP contribution in [0.3, 0.4) is 0 Å². The number of carboxylic acid groups (broad SMARTS) is 1. The van der Waals surface area contributed by atoms with Gasteiger partial charge in [-0.05, 0) is 25.0 Å². The molecule has 0 aliphatic carbocycles. The van der Waals surface area contributed by atoms with E-state index < -0.39 is 17.8 Å². The summed E-state index contributed by atoms with van der Waals surface area (Å²) >= 11 is 0. The van der Waals surface area contributed by atoms with Crippen LogP contribution in [0.25, 0.3) is 0 Å². The molecule has 2 bridgehead atoms. The Kier molecular flexibility index (Phi) is 3.88. The molecule has 24 heavy (non-hydrogen) atoms. The first kappa shape index (κ1) is 15.4. The van der Waals surface area contributed by atoms with Crippen molar-refractivity contribution in [1.82, 2.24) is 9.88 Å². The van der Waals surface area contributed by atoms with Gasteiger partial charge in [-0.2, -0.15) is 0 Å². The van der Waals surface area contributed by atoms with Crippen LogP contribution in [0.15, 0.2) is 24.4 Å². The Morgan fingerprint density at radius 2 is 1.79 bits per heavy atom. The van der Waals surface area contributed by atoms with Crippen LogP contribution < -0.4 is 4.90 Å². The Labute approximate surface area is 140 Å². The summed E-state index contributed by atoms with van der Waals surface area (Å²) in [5, 5.41) is 9.48. The molecule has 3 aliphatic rings. The number of aromatic nitrogens is 1. The van der Waals surface area contributed by atoms with E-state index in [0.717, 1.165) is 18.7 Å². The fraction of sp³-hybridized carbons (Fsp3) is 0.588. The van der Waals surface area contributed by atoms with Gasteiger partial charge in [0.25, 0.3) is 0 Å². The van der Waals surface area contributed by atoms with Crippen molar-refractivity contribution in [3.8, 4) is 0 Å². The van der Waals surface area contributed by atoms with Gasteiger partial charge in [0, 0.05) is 32.4 Å². The lowest BCUT2D eigenvalue weighted by Gasteiger charge is -2.38. The van der Waals surface area contributed by atoms with Crippen LogP contribution in [0, 0.1) is 11.8 Å². The second-order valence-corrected chi connectivity index (χ2v) is 6.68. The number of amides is 1. The molecule has 3 saturated heterocycles. The fourth-order valence-electron chi connectivity index (χ4n) is 4.21. The molecule has 1 N–H and O–H groups in total. The summed E-state index contributed by atoms with van der Waals surface area (Å²) in [6.45, 7) is 2.61. The zero-order valence-electron chi connectivity index (χ0n) is 13.4. The molecule has 4 rings (SSSR count). The molecule has 4 heterocycles. The number of nitrogens with zero attached hydrogens (tertiary/aromatic N) is 3. The summed E-state index contributed by atoms with van der Waals surface area (Å²) in [6.07, 6.45) is 2.78. The molecule has 1 aromatic heterocycles. The van der Waals surface area contributed by atoms with E-state index in [1.165, 1.54) is 0 Å². The smallest absolute Gasteiger partial charge is 0.310 e. The zero-order chi connectivity index (χ0) is 16.7. The largest absolute Gasteiger partial charge is 0.481 e. The van der Waals surface area contributed by atoms with E-state index in [0.29, 0.717) is 26.2 Å². The van der Waals surface area contributed by atoms with Crippen LogP contribution in [0.4, 0.5) is 5.82 Å². The van der Waals surface area contributed by atoms with E-state index in [-0.39, 0.29) is 18.1 Å². The van der Waals surface area contributed by atoms with E-state index in [1.54, 1.807) is 11.1 Å². The molecule has 7 heteroatoms. The molecule has 0 unspecified atom stereocenters. The number of carboxylic acids is 1. The van der Waals surface area contributed by atoms with Crippen molar-refractivity contribution in [1.29, 1.82) is 0 Å². The molecule has 4 atom stereocenters. The monoisotopic (exact) mass is 331 g/mol. The number of piperazine rings is 1. The highest BCUT2D eigenvalue weighted by Crippen LogP contribution is 2.44. The second kappa shape index (κ2) is 6.05. The Balaban J connectivity index is 1.42. The molecule has 128 valence electrons. The maximum Gasteiger partial charge on any atom is 0.310 e. The van der Waals surface area contributed by atoms with Gasteiger partial charge in [-0.3, -0.25) is 9.59 Å². The van der Waals surface area contributed by atoms with Crippen molar-refractivity contribution in [2.45, 2.75) is 25.0 Å². The van der Waals surface area contributed by atoms with E-state index >= 15 is 0 Å². The normalized spacial score (nSPS) is 32.2. The molecular formula is C17H21N3O4. The van der Waals surface area contributed by atoms with Gasteiger partial charge >= 0.3 is 5.97 Å². The quantitative estimate of drug-likeness (QED) is 0.874. The zero-order valence-corrected chi connectivity index (χ0v) is 13.4. The number of carbonyl (C=O) groups is 2. The van der Waals surface area contributed by atoms with E-state index in [9.17, 15) is 14.7 Å². The maximum absolute atomic E-state index is 12.9.